The molecule has 4 bridgehead atoms. The summed E-state index contributed by atoms with van der Waals surface area (Å²) in [6.07, 6.45) is -9.37. The first-order valence-corrected chi connectivity index (χ1v) is 10.0. The topological polar surface area (TPSA) is 52.6 Å². The number of rotatable bonds is 6. The monoisotopic (exact) mass is 478 g/mol. The second-order valence-corrected chi connectivity index (χ2v) is 9.41. The highest BCUT2D eigenvalue weighted by Crippen LogP contribution is 2.60. The average Bonchev–Trinajstić information content (AvgIpc) is 2.60. The van der Waals surface area contributed by atoms with Crippen LogP contribution in [0.2, 0.25) is 0 Å². The zero-order chi connectivity index (χ0) is 24.3. The Morgan fingerprint density at radius 1 is 0.875 bits per heavy atom. The standard InChI is InChI=1S/C20H22F8O4/c1-10(2)14(29)32-17(19(23,24)25,18(21,22)20(26,27)28)15(30)31-9-16-6-11-3-12(7-16)5-13(4-11)8-16/h11-13H,1,3-9H2,2H3. The average molecular weight is 478 g/mol. The highest BCUT2D eigenvalue weighted by molar-refractivity contribution is 5.92. The molecule has 4 aliphatic rings. The van der Waals surface area contributed by atoms with E-state index in [0.717, 1.165) is 26.2 Å². The summed E-state index contributed by atoms with van der Waals surface area (Å²) in [5, 5.41) is 0. The molecule has 182 valence electrons. The lowest BCUT2D eigenvalue weighted by Gasteiger charge is -2.56. The Balaban J connectivity index is 1.96. The highest BCUT2D eigenvalue weighted by atomic mass is 19.4. The molecule has 1 atom stereocenters. The molecule has 0 amide bonds. The van der Waals surface area contributed by atoms with Crippen molar-refractivity contribution in [2.45, 2.75) is 69.3 Å². The van der Waals surface area contributed by atoms with E-state index < -0.39 is 53.4 Å². The fraction of sp³-hybridized carbons (Fsp3) is 0.800. The summed E-state index contributed by atoms with van der Waals surface area (Å²) in [7, 11) is 0. The van der Waals surface area contributed by atoms with Crippen molar-refractivity contribution in [3.8, 4) is 0 Å². The minimum atomic E-state index is -6.88. The van der Waals surface area contributed by atoms with Crippen LogP contribution in [0.5, 0.6) is 0 Å². The maximum absolute atomic E-state index is 14.3. The molecule has 4 fully saturated rings. The lowest BCUT2D eigenvalue weighted by Crippen LogP contribution is -2.71. The number of esters is 2. The molecule has 0 spiro atoms. The lowest BCUT2D eigenvalue weighted by atomic mass is 9.50. The van der Waals surface area contributed by atoms with Crippen LogP contribution in [0.1, 0.15) is 45.4 Å². The first kappa shape index (κ1) is 24.8. The van der Waals surface area contributed by atoms with Gasteiger partial charge in [-0.25, -0.2) is 9.59 Å². The van der Waals surface area contributed by atoms with Crippen molar-refractivity contribution >= 4 is 11.9 Å². The molecule has 4 saturated carbocycles. The summed E-state index contributed by atoms with van der Waals surface area (Å²) in [6.45, 7) is 2.85. The van der Waals surface area contributed by atoms with E-state index in [0.29, 0.717) is 19.3 Å². The number of carbonyl (C=O) groups is 2. The van der Waals surface area contributed by atoms with Crippen LogP contribution in [0.15, 0.2) is 12.2 Å². The molecule has 1 unspecified atom stereocenters. The van der Waals surface area contributed by atoms with E-state index >= 15 is 0 Å². The molecule has 0 aromatic heterocycles. The van der Waals surface area contributed by atoms with Gasteiger partial charge in [0.15, 0.2) is 0 Å². The van der Waals surface area contributed by atoms with E-state index in [1.807, 2.05) is 0 Å². The zero-order valence-corrected chi connectivity index (χ0v) is 17.0. The summed E-state index contributed by atoms with van der Waals surface area (Å²) < 4.78 is 117. The zero-order valence-electron chi connectivity index (χ0n) is 17.0. The molecule has 0 aliphatic heterocycles. The van der Waals surface area contributed by atoms with E-state index in [-0.39, 0.29) is 17.8 Å². The molecule has 0 heterocycles. The van der Waals surface area contributed by atoms with Gasteiger partial charge in [-0.1, -0.05) is 6.58 Å². The quantitative estimate of drug-likeness (QED) is 0.293. The number of ether oxygens (including phenoxy) is 2. The van der Waals surface area contributed by atoms with Gasteiger partial charge < -0.3 is 9.47 Å². The van der Waals surface area contributed by atoms with Crippen LogP contribution in [0, 0.1) is 23.2 Å². The summed E-state index contributed by atoms with van der Waals surface area (Å²) in [5.41, 5.74) is -7.60. The number of hydrogen-bond acceptors (Lipinski definition) is 4. The predicted molar refractivity (Wildman–Crippen MR) is 92.3 cm³/mol. The largest absolute Gasteiger partial charge is 0.462 e. The van der Waals surface area contributed by atoms with E-state index in [1.165, 1.54) is 0 Å². The van der Waals surface area contributed by atoms with Crippen LogP contribution >= 0.6 is 0 Å². The van der Waals surface area contributed by atoms with E-state index in [9.17, 15) is 44.7 Å². The molecule has 32 heavy (non-hydrogen) atoms. The lowest BCUT2D eigenvalue weighted by molar-refractivity contribution is -0.392. The van der Waals surface area contributed by atoms with Crippen molar-refractivity contribution < 1.29 is 54.2 Å². The Labute approximate surface area is 178 Å². The molecule has 0 radical (unpaired) electrons. The first-order chi connectivity index (χ1) is 14.4. The molecular weight excluding hydrogens is 456 g/mol. The van der Waals surface area contributed by atoms with Crippen molar-refractivity contribution in [3.05, 3.63) is 12.2 Å². The molecular formula is C20H22F8O4. The molecule has 0 aromatic rings. The fourth-order valence-electron chi connectivity index (χ4n) is 5.80. The van der Waals surface area contributed by atoms with Gasteiger partial charge in [0.25, 0.3) is 0 Å². The van der Waals surface area contributed by atoms with Crippen molar-refractivity contribution in [1.82, 2.24) is 0 Å². The summed E-state index contributed by atoms with van der Waals surface area (Å²) in [4.78, 5) is 24.1. The van der Waals surface area contributed by atoms with Gasteiger partial charge >= 0.3 is 35.8 Å². The van der Waals surface area contributed by atoms with Gasteiger partial charge in [0.05, 0.1) is 6.61 Å². The van der Waals surface area contributed by atoms with Gasteiger partial charge in [-0.2, -0.15) is 35.1 Å². The van der Waals surface area contributed by atoms with E-state index in [2.05, 4.69) is 16.1 Å². The van der Waals surface area contributed by atoms with Crippen molar-refractivity contribution in [2.75, 3.05) is 6.61 Å². The third-order valence-corrected chi connectivity index (χ3v) is 6.75. The molecule has 0 N–H and O–H groups in total. The van der Waals surface area contributed by atoms with Gasteiger partial charge in [-0.05, 0) is 63.2 Å². The minimum absolute atomic E-state index is 0.241. The van der Waals surface area contributed by atoms with Crippen LogP contribution < -0.4 is 0 Å². The maximum Gasteiger partial charge on any atom is 0.458 e. The number of hydrogen-bond donors (Lipinski definition) is 0. The third-order valence-electron chi connectivity index (χ3n) is 6.75. The second kappa shape index (κ2) is 7.58. The van der Waals surface area contributed by atoms with Crippen LogP contribution in [0.25, 0.3) is 0 Å². The first-order valence-electron chi connectivity index (χ1n) is 10.0. The van der Waals surface area contributed by atoms with Crippen LogP contribution in [-0.2, 0) is 19.1 Å². The minimum Gasteiger partial charge on any atom is -0.462 e. The second-order valence-electron chi connectivity index (χ2n) is 9.41. The molecule has 4 aliphatic carbocycles. The number of carbonyl (C=O) groups excluding carboxylic acids is 2. The summed E-state index contributed by atoms with van der Waals surface area (Å²) >= 11 is 0. The molecule has 0 saturated heterocycles. The van der Waals surface area contributed by atoms with Gasteiger partial charge in [-0.15, -0.1) is 0 Å². The maximum atomic E-state index is 14.3. The Kier molecular flexibility index (Phi) is 5.86. The third kappa shape index (κ3) is 3.87. The fourth-order valence-corrected chi connectivity index (χ4v) is 5.80. The summed E-state index contributed by atoms with van der Waals surface area (Å²) in [5.74, 6) is -11.3. The van der Waals surface area contributed by atoms with Gasteiger partial charge in [0.2, 0.25) is 0 Å². The Bertz CT molecular complexity index is 765. The van der Waals surface area contributed by atoms with Gasteiger partial charge in [0.1, 0.15) is 0 Å². The van der Waals surface area contributed by atoms with Crippen LogP contribution in [-0.4, -0.2) is 42.4 Å². The Hall–Kier alpha value is -1.88. The van der Waals surface area contributed by atoms with Crippen LogP contribution in [0.4, 0.5) is 35.1 Å². The molecule has 4 rings (SSSR count). The van der Waals surface area contributed by atoms with Crippen molar-refractivity contribution in [1.29, 1.82) is 0 Å². The normalized spacial score (nSPS) is 31.7. The summed E-state index contributed by atoms with van der Waals surface area (Å²) in [6, 6.07) is 0. The molecule has 12 heteroatoms. The highest BCUT2D eigenvalue weighted by Gasteiger charge is 2.87. The molecule has 4 nitrogen and oxygen atoms in total. The predicted octanol–water partition coefficient (Wildman–Crippen LogP) is 5.36. The Morgan fingerprint density at radius 3 is 1.66 bits per heavy atom. The molecule has 0 aromatic carbocycles. The van der Waals surface area contributed by atoms with Gasteiger partial charge in [0, 0.05) is 11.0 Å². The van der Waals surface area contributed by atoms with E-state index in [1.54, 1.807) is 0 Å². The Morgan fingerprint density at radius 2 is 1.31 bits per heavy atom. The number of halogens is 8. The van der Waals surface area contributed by atoms with Gasteiger partial charge in [-0.3, -0.25) is 0 Å². The van der Waals surface area contributed by atoms with Crippen LogP contribution in [0.3, 0.4) is 0 Å². The van der Waals surface area contributed by atoms with Crippen molar-refractivity contribution in [3.63, 3.8) is 0 Å². The SMILES string of the molecule is C=C(C)C(=O)OC(C(=O)OCC12CC3CC(CC(C3)C1)C2)(C(F)(F)F)C(F)(F)C(F)(F)F. The van der Waals surface area contributed by atoms with Crippen molar-refractivity contribution in [2.24, 2.45) is 23.2 Å². The van der Waals surface area contributed by atoms with E-state index in [4.69, 9.17) is 0 Å². The number of alkyl halides is 8. The smallest absolute Gasteiger partial charge is 0.458 e.